The minimum Gasteiger partial charge on any atom is -0.281 e. The van der Waals surface area contributed by atoms with Gasteiger partial charge in [-0.05, 0) is 0 Å². The number of aromatic nitrogens is 1. The molecule has 0 aliphatic carbocycles. The van der Waals surface area contributed by atoms with Gasteiger partial charge in [-0.2, -0.15) is 0 Å². The van der Waals surface area contributed by atoms with Gasteiger partial charge in [0.25, 0.3) is 0 Å². The van der Waals surface area contributed by atoms with Gasteiger partial charge >= 0.3 is 0 Å². The van der Waals surface area contributed by atoms with Crippen LogP contribution in [0.2, 0.25) is 0 Å². The Hall–Kier alpha value is -0.420. The third-order valence-corrected chi connectivity index (χ3v) is 1.96. The molecule has 1 unspecified atom stereocenters. The molecule has 0 aromatic carbocycles. The summed E-state index contributed by atoms with van der Waals surface area (Å²) in [4.78, 5) is 3.87. The zero-order valence-corrected chi connectivity index (χ0v) is 6.46. The van der Waals surface area contributed by atoms with E-state index in [0.717, 1.165) is 0 Å². The average molecular weight is 162 g/mol. The van der Waals surface area contributed by atoms with Crippen LogP contribution in [0, 0.1) is 0 Å². The van der Waals surface area contributed by atoms with Crippen LogP contribution in [0.3, 0.4) is 0 Å². The number of nitrogens with zero attached hydrogens (tertiary/aromatic N) is 1. The summed E-state index contributed by atoms with van der Waals surface area (Å²) < 4.78 is 13.1. The first kappa shape index (κ1) is 6.70. The molecule has 0 radical (unpaired) electrons. The summed E-state index contributed by atoms with van der Waals surface area (Å²) in [7, 11) is -0.997. The van der Waals surface area contributed by atoms with E-state index < -0.39 is 11.0 Å². The van der Waals surface area contributed by atoms with Crippen molar-refractivity contribution in [3.05, 3.63) is 11.6 Å². The van der Waals surface area contributed by atoms with Crippen LogP contribution in [-0.4, -0.2) is 15.4 Å². The van der Waals surface area contributed by atoms with Crippen molar-refractivity contribution in [3.8, 4) is 0 Å². The van der Waals surface area contributed by atoms with E-state index in [4.69, 9.17) is 0 Å². The smallest absolute Gasteiger partial charge is 0.194 e. The minimum absolute atomic E-state index is 0.704. The third kappa shape index (κ3) is 2.11. The first-order valence-corrected chi connectivity index (χ1v) is 4.72. The van der Waals surface area contributed by atoms with Crippen molar-refractivity contribution in [1.29, 1.82) is 0 Å². The zero-order chi connectivity index (χ0) is 6.69. The lowest BCUT2D eigenvalue weighted by atomic mass is 11.0. The summed E-state index contributed by atoms with van der Waals surface area (Å²) in [6.45, 7) is 0. The molecule has 0 fully saturated rings. The highest BCUT2D eigenvalue weighted by Crippen LogP contribution is 2.09. The SMILES string of the molecule is CS(=O)Nc1nccs1. The van der Waals surface area contributed by atoms with Crippen LogP contribution < -0.4 is 4.72 Å². The molecule has 1 rings (SSSR count). The third-order valence-electron chi connectivity index (χ3n) is 0.663. The standard InChI is InChI=1S/C4H6N2OS2/c1-9(7)6-4-5-2-3-8-4/h2-3H,1H3,(H,5,6). The summed E-state index contributed by atoms with van der Waals surface area (Å²) >= 11 is 1.44. The Kier molecular flexibility index (Phi) is 2.18. The summed E-state index contributed by atoms with van der Waals surface area (Å²) in [5.74, 6) is 0. The van der Waals surface area contributed by atoms with Gasteiger partial charge < -0.3 is 0 Å². The highest BCUT2D eigenvalue weighted by atomic mass is 32.2. The summed E-state index contributed by atoms with van der Waals surface area (Å²) in [6, 6.07) is 0. The molecular weight excluding hydrogens is 156 g/mol. The molecule has 9 heavy (non-hydrogen) atoms. The Morgan fingerprint density at radius 1 is 1.89 bits per heavy atom. The molecule has 0 aliphatic rings. The molecule has 0 spiro atoms. The fourth-order valence-corrected chi connectivity index (χ4v) is 1.61. The predicted molar refractivity (Wildman–Crippen MR) is 39.8 cm³/mol. The number of hydrogen-bond donors (Lipinski definition) is 1. The highest BCUT2D eigenvalue weighted by Gasteiger charge is 1.92. The molecule has 5 heteroatoms. The van der Waals surface area contributed by atoms with Gasteiger partial charge in [-0.25, -0.2) is 9.19 Å². The van der Waals surface area contributed by atoms with Crippen LogP contribution in [0.1, 0.15) is 0 Å². The number of thiazole rings is 1. The molecule has 0 aliphatic heterocycles. The van der Waals surface area contributed by atoms with Gasteiger partial charge in [-0.3, -0.25) is 4.72 Å². The second-order valence-corrected chi connectivity index (χ2v) is 3.40. The van der Waals surface area contributed by atoms with Crippen molar-refractivity contribution in [2.45, 2.75) is 0 Å². The van der Waals surface area contributed by atoms with Crippen molar-refractivity contribution in [2.24, 2.45) is 0 Å². The molecule has 0 saturated heterocycles. The maximum atomic E-state index is 10.5. The van der Waals surface area contributed by atoms with Crippen molar-refractivity contribution in [3.63, 3.8) is 0 Å². The van der Waals surface area contributed by atoms with Crippen molar-refractivity contribution >= 4 is 27.5 Å². The van der Waals surface area contributed by atoms with Gasteiger partial charge in [0.15, 0.2) is 5.13 Å². The first-order valence-electron chi connectivity index (χ1n) is 2.28. The molecule has 1 aromatic heterocycles. The fourth-order valence-electron chi connectivity index (χ4n) is 0.397. The number of anilines is 1. The molecule has 1 N–H and O–H groups in total. The molecule has 3 nitrogen and oxygen atoms in total. The summed E-state index contributed by atoms with van der Waals surface area (Å²) in [5, 5.41) is 2.53. The lowest BCUT2D eigenvalue weighted by Crippen LogP contribution is -1.99. The topological polar surface area (TPSA) is 42.0 Å². The molecule has 0 bridgehead atoms. The van der Waals surface area contributed by atoms with E-state index in [1.165, 1.54) is 11.3 Å². The summed E-state index contributed by atoms with van der Waals surface area (Å²) in [5.41, 5.74) is 0. The largest absolute Gasteiger partial charge is 0.281 e. The van der Waals surface area contributed by atoms with Crippen LogP contribution in [-0.2, 0) is 11.0 Å². The Balaban J connectivity index is 2.58. The van der Waals surface area contributed by atoms with Crippen molar-refractivity contribution < 1.29 is 4.21 Å². The zero-order valence-electron chi connectivity index (χ0n) is 4.83. The van der Waals surface area contributed by atoms with Gasteiger partial charge in [0.2, 0.25) is 0 Å². The lowest BCUT2D eigenvalue weighted by Gasteiger charge is -1.92. The summed E-state index contributed by atoms with van der Waals surface area (Å²) in [6.07, 6.45) is 3.24. The number of hydrogen-bond acceptors (Lipinski definition) is 3. The van der Waals surface area contributed by atoms with E-state index in [-0.39, 0.29) is 0 Å². The number of nitrogens with one attached hydrogen (secondary N) is 1. The van der Waals surface area contributed by atoms with Crippen LogP contribution in [0.15, 0.2) is 11.6 Å². The maximum Gasteiger partial charge on any atom is 0.194 e. The second-order valence-electron chi connectivity index (χ2n) is 1.39. The Morgan fingerprint density at radius 3 is 3.11 bits per heavy atom. The maximum absolute atomic E-state index is 10.5. The molecule has 1 heterocycles. The quantitative estimate of drug-likeness (QED) is 0.700. The van der Waals surface area contributed by atoms with Crippen LogP contribution in [0.4, 0.5) is 5.13 Å². The Bertz CT molecular complexity index is 196. The van der Waals surface area contributed by atoms with E-state index in [1.807, 2.05) is 5.38 Å². The van der Waals surface area contributed by atoms with Crippen molar-refractivity contribution in [2.75, 3.05) is 11.0 Å². The fraction of sp³-hybridized carbons (Fsp3) is 0.250. The number of rotatable bonds is 2. The molecular formula is C4H6N2OS2. The Labute approximate surface area is 59.7 Å². The van der Waals surface area contributed by atoms with E-state index in [0.29, 0.717) is 5.13 Å². The Morgan fingerprint density at radius 2 is 2.67 bits per heavy atom. The van der Waals surface area contributed by atoms with Gasteiger partial charge in [0, 0.05) is 17.8 Å². The van der Waals surface area contributed by atoms with E-state index in [9.17, 15) is 4.21 Å². The van der Waals surface area contributed by atoms with Gasteiger partial charge in [0.05, 0.1) is 0 Å². The normalized spacial score (nSPS) is 13.0. The first-order chi connectivity index (χ1) is 4.29. The molecule has 1 aromatic rings. The minimum atomic E-state index is -0.997. The van der Waals surface area contributed by atoms with Gasteiger partial charge in [-0.1, -0.05) is 0 Å². The predicted octanol–water partition coefficient (Wildman–Crippen LogP) is 0.849. The highest BCUT2D eigenvalue weighted by molar-refractivity contribution is 7.85. The van der Waals surface area contributed by atoms with Gasteiger partial charge in [-0.15, -0.1) is 11.3 Å². The molecule has 0 saturated carbocycles. The van der Waals surface area contributed by atoms with E-state index in [1.54, 1.807) is 12.5 Å². The van der Waals surface area contributed by atoms with Crippen LogP contribution in [0.5, 0.6) is 0 Å². The molecule has 0 amide bonds. The van der Waals surface area contributed by atoms with Crippen molar-refractivity contribution in [1.82, 2.24) is 4.98 Å². The van der Waals surface area contributed by atoms with Crippen LogP contribution in [0.25, 0.3) is 0 Å². The second kappa shape index (κ2) is 2.93. The van der Waals surface area contributed by atoms with Gasteiger partial charge in [0.1, 0.15) is 11.0 Å². The lowest BCUT2D eigenvalue weighted by molar-refractivity contribution is 0.690. The van der Waals surface area contributed by atoms with E-state index in [2.05, 4.69) is 9.71 Å². The van der Waals surface area contributed by atoms with Crippen LogP contribution >= 0.6 is 11.3 Å². The molecule has 50 valence electrons. The van der Waals surface area contributed by atoms with E-state index >= 15 is 0 Å². The average Bonchev–Trinajstić information content (AvgIpc) is 2.15. The monoisotopic (exact) mass is 162 g/mol. The molecule has 1 atom stereocenters.